The van der Waals surface area contributed by atoms with Crippen molar-refractivity contribution in [1.29, 1.82) is 0 Å². The maximum absolute atomic E-state index is 9.63. The lowest BCUT2D eigenvalue weighted by Gasteiger charge is -2.40. The van der Waals surface area contributed by atoms with Gasteiger partial charge in [0, 0.05) is 17.1 Å². The standard InChI is InChI=1S/C63H53N/c1-5-8-19-46(4)47-34-38-56(39-35-47)64(57-40-36-50(37-41-57)49-28-30-51(31-29-49)53-33-32-48(20-9-6-2)52(44-53)21-10-7-3)58-42-43-60-59-26-17-18-27-61(59)63(62(60)45-58,54-22-13-11-14-23-54)55-24-15-12-16-25-55/h5-7,9-18,20-24,26-45,55H,1-4,8,19,25H2/b20-9-,21-10-/i34D,35D,38D,39D. The molecule has 0 spiro atoms. The van der Waals surface area contributed by atoms with Crippen molar-refractivity contribution in [3.05, 3.63) is 278 Å². The average molecular weight is 828 g/mol. The Hall–Kier alpha value is -7.74. The molecular weight excluding hydrogens is 771 g/mol. The Labute approximate surface area is 385 Å². The van der Waals surface area contributed by atoms with Crippen LogP contribution in [0.1, 0.15) is 58.1 Å². The van der Waals surface area contributed by atoms with Gasteiger partial charge in [-0.3, -0.25) is 0 Å². The van der Waals surface area contributed by atoms with E-state index in [4.69, 9.17) is 0 Å². The molecule has 0 bridgehead atoms. The normalized spacial score (nSPS) is 17.0. The molecule has 0 N–H and O–H groups in total. The molecule has 1 heteroatoms. The molecule has 1 nitrogen and oxygen atoms in total. The lowest BCUT2D eigenvalue weighted by molar-refractivity contribution is 0.457. The zero-order chi connectivity index (χ0) is 47.4. The van der Waals surface area contributed by atoms with Crippen LogP contribution in [0.2, 0.25) is 0 Å². The third kappa shape index (κ3) is 7.94. The molecule has 7 aromatic rings. The molecule has 310 valence electrons. The molecule has 0 saturated carbocycles. The van der Waals surface area contributed by atoms with Crippen LogP contribution in [0.25, 0.3) is 51.1 Å². The molecule has 2 aliphatic carbocycles. The van der Waals surface area contributed by atoms with E-state index in [1.165, 1.54) is 16.7 Å². The summed E-state index contributed by atoms with van der Waals surface area (Å²) in [7, 11) is 0. The summed E-state index contributed by atoms with van der Waals surface area (Å²) in [6, 6.07) is 48.5. The molecule has 0 radical (unpaired) electrons. The highest BCUT2D eigenvalue weighted by atomic mass is 15.1. The van der Waals surface area contributed by atoms with E-state index in [1.54, 1.807) is 18.2 Å². The minimum atomic E-state index is -0.553. The van der Waals surface area contributed by atoms with Gasteiger partial charge in [-0.25, -0.2) is 0 Å². The number of rotatable bonds is 15. The van der Waals surface area contributed by atoms with Gasteiger partial charge in [-0.05, 0) is 140 Å². The van der Waals surface area contributed by atoms with Gasteiger partial charge in [-0.15, -0.1) is 6.58 Å². The number of allylic oxidation sites excluding steroid dienone is 10. The number of fused-ring (bicyclic) bond motifs is 3. The summed E-state index contributed by atoms with van der Waals surface area (Å²) in [6.45, 7) is 15.7. The van der Waals surface area contributed by atoms with E-state index < -0.39 is 5.41 Å². The molecule has 0 heterocycles. The largest absolute Gasteiger partial charge is 0.310 e. The van der Waals surface area contributed by atoms with Crippen LogP contribution in [-0.4, -0.2) is 0 Å². The average Bonchev–Trinajstić information content (AvgIpc) is 3.68. The van der Waals surface area contributed by atoms with Crippen LogP contribution in [0.15, 0.2) is 245 Å². The SMILES string of the molecule is [2H]c1c([2H])c(N(c2ccc(-c3ccc(-c4ccc(/C=C\C=C)c(/C=C\C=C)c4)cc3)cc2)c2ccc3c(c2)C(c2ccccc2)(C2C=CC=CC2)c2ccccc2-3)c([2H])c([2H])c1C(=C)CCC=C. The van der Waals surface area contributed by atoms with Crippen LogP contribution in [0.4, 0.5) is 17.1 Å². The van der Waals surface area contributed by atoms with Gasteiger partial charge in [0.2, 0.25) is 0 Å². The fraction of sp³-hybridized carbons (Fsp3) is 0.0794. The first kappa shape index (κ1) is 36.9. The molecule has 2 aliphatic rings. The van der Waals surface area contributed by atoms with Gasteiger partial charge >= 0.3 is 0 Å². The van der Waals surface area contributed by atoms with E-state index in [2.05, 4.69) is 184 Å². The fourth-order valence-corrected chi connectivity index (χ4v) is 9.42. The second kappa shape index (κ2) is 18.7. The highest BCUT2D eigenvalue weighted by Crippen LogP contribution is 2.59. The second-order valence-corrected chi connectivity index (χ2v) is 16.3. The molecule has 2 atom stereocenters. The van der Waals surface area contributed by atoms with Gasteiger partial charge in [0.05, 0.1) is 10.9 Å². The monoisotopic (exact) mass is 827 g/mol. The van der Waals surface area contributed by atoms with Crippen molar-refractivity contribution in [3.8, 4) is 33.4 Å². The van der Waals surface area contributed by atoms with Gasteiger partial charge in [0.25, 0.3) is 0 Å². The smallest absolute Gasteiger partial charge is 0.0645 e. The molecule has 9 rings (SSSR count). The topological polar surface area (TPSA) is 3.24 Å². The fourth-order valence-electron chi connectivity index (χ4n) is 9.42. The van der Waals surface area contributed by atoms with Crippen molar-refractivity contribution in [2.45, 2.75) is 24.7 Å². The van der Waals surface area contributed by atoms with Crippen LogP contribution >= 0.6 is 0 Å². The number of nitrogens with zero attached hydrogens (tertiary/aromatic N) is 1. The van der Waals surface area contributed by atoms with Gasteiger partial charge < -0.3 is 4.90 Å². The molecular formula is C63H53N. The van der Waals surface area contributed by atoms with E-state index in [9.17, 15) is 5.48 Å². The van der Waals surface area contributed by atoms with E-state index in [0.717, 1.165) is 56.6 Å². The molecule has 0 saturated heterocycles. The highest BCUT2D eigenvalue weighted by molar-refractivity contribution is 5.88. The predicted molar refractivity (Wildman–Crippen MR) is 277 cm³/mol. The van der Waals surface area contributed by atoms with E-state index >= 15 is 0 Å². The molecule has 0 fully saturated rings. The number of hydrogen-bond donors (Lipinski definition) is 0. The Bertz CT molecular complexity index is 3180. The zero-order valence-corrected chi connectivity index (χ0v) is 36.1. The zero-order valence-electron chi connectivity index (χ0n) is 40.1. The summed E-state index contributed by atoms with van der Waals surface area (Å²) in [4.78, 5) is 1.91. The minimum Gasteiger partial charge on any atom is -0.310 e. The lowest BCUT2D eigenvalue weighted by Crippen LogP contribution is -2.35. The predicted octanol–water partition coefficient (Wildman–Crippen LogP) is 17.3. The quantitative estimate of drug-likeness (QED) is 0.0735. The lowest BCUT2D eigenvalue weighted by atomic mass is 9.62. The Morgan fingerprint density at radius 3 is 1.92 bits per heavy atom. The summed E-state index contributed by atoms with van der Waals surface area (Å²) in [6.07, 6.45) is 24.1. The van der Waals surface area contributed by atoms with Gasteiger partial charge in [0.1, 0.15) is 0 Å². The Balaban J connectivity index is 1.18. The van der Waals surface area contributed by atoms with Crippen molar-refractivity contribution < 1.29 is 5.48 Å². The first-order valence-electron chi connectivity index (χ1n) is 24.0. The van der Waals surface area contributed by atoms with Gasteiger partial charge in [-0.2, -0.15) is 0 Å². The first-order chi connectivity index (χ1) is 33.2. The van der Waals surface area contributed by atoms with Gasteiger partial charge in [-0.1, -0.05) is 208 Å². The van der Waals surface area contributed by atoms with Crippen molar-refractivity contribution in [2.75, 3.05) is 4.90 Å². The summed E-state index contributed by atoms with van der Waals surface area (Å²) < 4.78 is 38.0. The van der Waals surface area contributed by atoms with Crippen LogP contribution in [-0.2, 0) is 5.41 Å². The first-order valence-corrected chi connectivity index (χ1v) is 22.0. The summed E-state index contributed by atoms with van der Waals surface area (Å²) >= 11 is 0. The van der Waals surface area contributed by atoms with Crippen LogP contribution in [0.3, 0.4) is 0 Å². The molecule has 2 unspecified atom stereocenters. The van der Waals surface area contributed by atoms with E-state index in [1.807, 2.05) is 35.3 Å². The number of hydrogen-bond acceptors (Lipinski definition) is 1. The summed E-state index contributed by atoms with van der Waals surface area (Å²) in [5.41, 5.74) is 14.1. The van der Waals surface area contributed by atoms with Crippen LogP contribution in [0, 0.1) is 5.92 Å². The van der Waals surface area contributed by atoms with Gasteiger partial charge in [0.15, 0.2) is 0 Å². The summed E-state index contributed by atoms with van der Waals surface area (Å²) in [5.74, 6) is 0.0979. The van der Waals surface area contributed by atoms with Crippen LogP contribution in [0.5, 0.6) is 0 Å². The van der Waals surface area contributed by atoms with Crippen molar-refractivity contribution >= 4 is 34.8 Å². The van der Waals surface area contributed by atoms with Crippen molar-refractivity contribution in [2.24, 2.45) is 5.92 Å². The molecule has 7 aromatic carbocycles. The Kier molecular flexibility index (Phi) is 10.8. The maximum atomic E-state index is 9.63. The number of anilines is 3. The third-order valence-electron chi connectivity index (χ3n) is 12.5. The Morgan fingerprint density at radius 1 is 0.609 bits per heavy atom. The molecule has 0 aromatic heterocycles. The second-order valence-electron chi connectivity index (χ2n) is 16.3. The maximum Gasteiger partial charge on any atom is 0.0645 e. The highest BCUT2D eigenvalue weighted by Gasteiger charge is 2.49. The number of benzene rings is 7. The van der Waals surface area contributed by atoms with Crippen molar-refractivity contribution in [1.82, 2.24) is 0 Å². The van der Waals surface area contributed by atoms with E-state index in [0.29, 0.717) is 24.1 Å². The summed E-state index contributed by atoms with van der Waals surface area (Å²) in [5, 5.41) is 0. The molecule has 64 heavy (non-hydrogen) atoms. The van der Waals surface area contributed by atoms with Crippen molar-refractivity contribution in [3.63, 3.8) is 0 Å². The Morgan fingerprint density at radius 2 is 1.23 bits per heavy atom. The minimum absolute atomic E-state index is 0.0979. The van der Waals surface area contributed by atoms with Crippen LogP contribution < -0.4 is 4.90 Å². The van der Waals surface area contributed by atoms with E-state index in [-0.39, 0.29) is 41.3 Å². The molecule has 0 amide bonds. The molecule has 0 aliphatic heterocycles. The third-order valence-corrected chi connectivity index (χ3v) is 12.5.